The van der Waals surface area contributed by atoms with E-state index in [0.717, 1.165) is 12.0 Å². The molecule has 1 aliphatic carbocycles. The van der Waals surface area contributed by atoms with Crippen molar-refractivity contribution in [2.24, 2.45) is 0 Å². The van der Waals surface area contributed by atoms with Gasteiger partial charge >= 0.3 is 0 Å². The molecule has 0 spiro atoms. The molecule has 0 N–H and O–H groups in total. The van der Waals surface area contributed by atoms with Crippen molar-refractivity contribution < 1.29 is 0 Å². The summed E-state index contributed by atoms with van der Waals surface area (Å²) in [6.45, 7) is 0. The van der Waals surface area contributed by atoms with Crippen LogP contribution in [0.3, 0.4) is 0 Å². The summed E-state index contributed by atoms with van der Waals surface area (Å²) in [7, 11) is 0. The fourth-order valence-electron chi connectivity index (χ4n) is 1.19. The molecule has 1 aromatic heterocycles. The Bertz CT molecular complexity index is 443. The molecule has 4 nitrogen and oxygen atoms in total. The molecule has 2 rings (SSSR count). The maximum Gasteiger partial charge on any atom is 0.138 e. The Morgan fingerprint density at radius 1 is 1.50 bits per heavy atom. The highest BCUT2D eigenvalue weighted by molar-refractivity contribution is 5.48. The van der Waals surface area contributed by atoms with E-state index in [4.69, 9.17) is 5.26 Å². The van der Waals surface area contributed by atoms with Gasteiger partial charge in [0.05, 0.1) is 6.07 Å². The molecule has 1 aromatic rings. The van der Waals surface area contributed by atoms with E-state index in [1.165, 1.54) is 6.33 Å². The molecule has 0 aromatic carbocycles. The molecular weight excluding hydrogens is 176 g/mol. The summed E-state index contributed by atoms with van der Waals surface area (Å²) in [6, 6.07) is 2.10. The fraction of sp³-hybridized carbons (Fsp3) is 0.100. The zero-order valence-corrected chi connectivity index (χ0v) is 7.46. The first-order valence-corrected chi connectivity index (χ1v) is 4.21. The molecule has 14 heavy (non-hydrogen) atoms. The minimum Gasteiger partial charge on any atom is -0.228 e. The molecule has 0 amide bonds. The lowest BCUT2D eigenvalue weighted by molar-refractivity contribution is 0.925. The Kier molecular flexibility index (Phi) is 2.24. The monoisotopic (exact) mass is 184 g/mol. The van der Waals surface area contributed by atoms with Gasteiger partial charge in [-0.2, -0.15) is 10.4 Å². The summed E-state index contributed by atoms with van der Waals surface area (Å²) in [4.78, 5) is 3.83. The SMILES string of the molecule is N#CC1=CCC(=Cn2cncn2)C=C1. The van der Waals surface area contributed by atoms with Crippen LogP contribution in [0.15, 0.2) is 42.0 Å². The second-order valence-corrected chi connectivity index (χ2v) is 2.89. The predicted octanol–water partition coefficient (Wildman–Crippen LogP) is 1.53. The maximum atomic E-state index is 8.62. The van der Waals surface area contributed by atoms with Crippen molar-refractivity contribution in [1.29, 1.82) is 5.26 Å². The van der Waals surface area contributed by atoms with Crippen molar-refractivity contribution >= 4 is 6.20 Å². The second-order valence-electron chi connectivity index (χ2n) is 2.89. The first kappa shape index (κ1) is 8.45. The molecule has 0 unspecified atom stereocenters. The van der Waals surface area contributed by atoms with Crippen molar-refractivity contribution in [3.05, 3.63) is 42.0 Å². The number of hydrogen-bond donors (Lipinski definition) is 0. The third-order valence-corrected chi connectivity index (χ3v) is 1.90. The lowest BCUT2D eigenvalue weighted by Gasteiger charge is -2.03. The van der Waals surface area contributed by atoms with Crippen molar-refractivity contribution in [2.45, 2.75) is 6.42 Å². The molecule has 1 heterocycles. The molecule has 68 valence electrons. The fourth-order valence-corrected chi connectivity index (χ4v) is 1.19. The van der Waals surface area contributed by atoms with Gasteiger partial charge in [-0.25, -0.2) is 9.67 Å². The lowest BCUT2D eigenvalue weighted by Crippen LogP contribution is -1.91. The van der Waals surface area contributed by atoms with Crippen LogP contribution in [0.5, 0.6) is 0 Å². The maximum absolute atomic E-state index is 8.62. The van der Waals surface area contributed by atoms with Gasteiger partial charge in [0.1, 0.15) is 12.7 Å². The third kappa shape index (κ3) is 1.77. The van der Waals surface area contributed by atoms with Gasteiger partial charge in [-0.05, 0) is 18.1 Å². The summed E-state index contributed by atoms with van der Waals surface area (Å²) in [5.74, 6) is 0. The smallest absolute Gasteiger partial charge is 0.138 e. The average molecular weight is 184 g/mol. The molecule has 4 heteroatoms. The van der Waals surface area contributed by atoms with Crippen molar-refractivity contribution in [3.63, 3.8) is 0 Å². The van der Waals surface area contributed by atoms with Gasteiger partial charge in [0.15, 0.2) is 0 Å². The number of aromatic nitrogens is 3. The van der Waals surface area contributed by atoms with Gasteiger partial charge in [-0.1, -0.05) is 12.2 Å². The van der Waals surface area contributed by atoms with Gasteiger partial charge in [-0.3, -0.25) is 0 Å². The summed E-state index contributed by atoms with van der Waals surface area (Å²) in [5, 5.41) is 12.6. The van der Waals surface area contributed by atoms with Gasteiger partial charge < -0.3 is 0 Å². The molecule has 0 atom stereocenters. The highest BCUT2D eigenvalue weighted by Crippen LogP contribution is 2.15. The van der Waals surface area contributed by atoms with Crippen LogP contribution >= 0.6 is 0 Å². The molecule has 0 fully saturated rings. The van der Waals surface area contributed by atoms with Crippen LogP contribution in [0.2, 0.25) is 0 Å². The second kappa shape index (κ2) is 3.71. The van der Waals surface area contributed by atoms with E-state index in [0.29, 0.717) is 5.57 Å². The van der Waals surface area contributed by atoms with Crippen LogP contribution < -0.4 is 0 Å². The summed E-state index contributed by atoms with van der Waals surface area (Å²) in [6.07, 6.45) is 11.4. The van der Waals surface area contributed by atoms with Crippen molar-refractivity contribution in [1.82, 2.24) is 14.8 Å². The van der Waals surface area contributed by atoms with E-state index in [-0.39, 0.29) is 0 Å². The quantitative estimate of drug-likeness (QED) is 0.665. The predicted molar refractivity (Wildman–Crippen MR) is 51.7 cm³/mol. The van der Waals surface area contributed by atoms with E-state index in [1.807, 2.05) is 18.4 Å². The van der Waals surface area contributed by atoms with Gasteiger partial charge in [-0.15, -0.1) is 0 Å². The van der Waals surface area contributed by atoms with Gasteiger partial charge in [0.25, 0.3) is 0 Å². The Morgan fingerprint density at radius 2 is 2.43 bits per heavy atom. The highest BCUT2D eigenvalue weighted by Gasteiger charge is 2.00. The number of nitrogens with zero attached hydrogens (tertiary/aromatic N) is 4. The van der Waals surface area contributed by atoms with Crippen LogP contribution in [0, 0.1) is 11.3 Å². The molecule has 0 saturated heterocycles. The minimum absolute atomic E-state index is 0.709. The number of hydrogen-bond acceptors (Lipinski definition) is 3. The van der Waals surface area contributed by atoms with Crippen LogP contribution in [0.1, 0.15) is 6.42 Å². The Balaban J connectivity index is 2.15. The molecule has 0 radical (unpaired) electrons. The first-order valence-electron chi connectivity index (χ1n) is 4.21. The van der Waals surface area contributed by atoms with Crippen LogP contribution in [0.4, 0.5) is 0 Å². The molecule has 1 aliphatic rings. The average Bonchev–Trinajstić information content (AvgIpc) is 2.72. The third-order valence-electron chi connectivity index (χ3n) is 1.90. The Morgan fingerprint density at radius 3 is 3.00 bits per heavy atom. The van der Waals surface area contributed by atoms with E-state index < -0.39 is 0 Å². The molecule has 0 aliphatic heterocycles. The summed E-state index contributed by atoms with van der Waals surface area (Å²) < 4.78 is 1.64. The van der Waals surface area contributed by atoms with Crippen LogP contribution in [-0.2, 0) is 0 Å². The summed E-state index contributed by atoms with van der Waals surface area (Å²) >= 11 is 0. The molecule has 0 saturated carbocycles. The molecular formula is C10H8N4. The van der Waals surface area contributed by atoms with Crippen LogP contribution in [0.25, 0.3) is 6.20 Å². The van der Waals surface area contributed by atoms with E-state index in [2.05, 4.69) is 16.2 Å². The lowest BCUT2D eigenvalue weighted by atomic mass is 10.0. The number of allylic oxidation sites excluding steroid dienone is 5. The highest BCUT2D eigenvalue weighted by atomic mass is 15.3. The normalized spacial score (nSPS) is 17.9. The van der Waals surface area contributed by atoms with Crippen molar-refractivity contribution in [3.8, 4) is 6.07 Å². The zero-order valence-electron chi connectivity index (χ0n) is 7.46. The molecule has 0 bridgehead atoms. The number of nitriles is 1. The van der Waals surface area contributed by atoms with E-state index >= 15 is 0 Å². The topological polar surface area (TPSA) is 54.5 Å². The van der Waals surface area contributed by atoms with Crippen molar-refractivity contribution in [2.75, 3.05) is 0 Å². The van der Waals surface area contributed by atoms with E-state index in [1.54, 1.807) is 17.1 Å². The number of rotatable bonds is 1. The Hall–Kier alpha value is -2.15. The van der Waals surface area contributed by atoms with Gasteiger partial charge in [0.2, 0.25) is 0 Å². The minimum atomic E-state index is 0.709. The zero-order chi connectivity index (χ0) is 9.80. The largest absolute Gasteiger partial charge is 0.228 e. The van der Waals surface area contributed by atoms with Crippen LogP contribution in [-0.4, -0.2) is 14.8 Å². The summed E-state index contributed by atoms with van der Waals surface area (Å²) in [5.41, 5.74) is 1.82. The first-order chi connectivity index (χ1) is 6.88. The van der Waals surface area contributed by atoms with Gasteiger partial charge in [0, 0.05) is 11.8 Å². The standard InChI is InChI=1S/C10H8N4/c11-5-9-1-3-10(4-2-9)6-14-8-12-7-13-14/h1-3,6-8H,4H2. The van der Waals surface area contributed by atoms with E-state index in [9.17, 15) is 0 Å². The Labute approximate surface area is 81.5 Å².